The largest absolute Gasteiger partial charge is 0.373 e. The summed E-state index contributed by atoms with van der Waals surface area (Å²) in [6.07, 6.45) is 16.6. The van der Waals surface area contributed by atoms with E-state index >= 15 is 0 Å². The zero-order valence-electron chi connectivity index (χ0n) is 19.1. The number of hydrogen-bond donors (Lipinski definition) is 2. The molecule has 7 aliphatic rings. The normalized spacial score (nSPS) is 48.1. The number of carbonyl (C=O) groups is 1. The first-order valence-electron chi connectivity index (χ1n) is 13.1. The third kappa shape index (κ3) is 2.47. The van der Waals surface area contributed by atoms with Crippen molar-refractivity contribution in [1.29, 1.82) is 0 Å². The molecule has 1 spiro atoms. The number of benzene rings is 1. The Bertz CT molecular complexity index is 951. The minimum Gasteiger partial charge on any atom is -0.373 e. The molecule has 0 aromatic heterocycles. The molecule has 3 saturated heterocycles. The van der Waals surface area contributed by atoms with E-state index in [1.165, 1.54) is 56.9 Å². The molecule has 170 valence electrons. The predicted molar refractivity (Wildman–Crippen MR) is 124 cm³/mol. The summed E-state index contributed by atoms with van der Waals surface area (Å²) in [6.45, 7) is 2.31. The van der Waals surface area contributed by atoms with E-state index in [0.717, 1.165) is 17.8 Å². The summed E-state index contributed by atoms with van der Waals surface area (Å²) in [5, 5.41) is 16.1. The number of aliphatic hydroxyl groups is 1. The minimum atomic E-state index is -0.660. The monoisotopic (exact) mass is 432 g/mol. The van der Waals surface area contributed by atoms with E-state index < -0.39 is 5.72 Å². The Morgan fingerprint density at radius 1 is 1.09 bits per heavy atom. The maximum atomic E-state index is 11.9. The van der Waals surface area contributed by atoms with Gasteiger partial charge in [0.05, 0.1) is 6.04 Å². The molecule has 4 nitrogen and oxygen atoms in total. The summed E-state index contributed by atoms with van der Waals surface area (Å²) in [7, 11) is 0. The van der Waals surface area contributed by atoms with Crippen molar-refractivity contribution in [1.82, 2.24) is 10.2 Å². The molecule has 32 heavy (non-hydrogen) atoms. The second-order valence-electron chi connectivity index (χ2n) is 11.9. The fourth-order valence-electron chi connectivity index (χ4n) is 9.28. The summed E-state index contributed by atoms with van der Waals surface area (Å²) in [5.74, 6) is 1.87. The van der Waals surface area contributed by atoms with Crippen molar-refractivity contribution >= 4 is 6.29 Å². The van der Waals surface area contributed by atoms with Crippen molar-refractivity contribution in [2.45, 2.75) is 94.1 Å². The first-order valence-corrected chi connectivity index (χ1v) is 13.1. The van der Waals surface area contributed by atoms with Crippen LogP contribution in [0.3, 0.4) is 0 Å². The molecule has 4 aliphatic heterocycles. The Morgan fingerprint density at radius 3 is 2.62 bits per heavy atom. The van der Waals surface area contributed by atoms with Crippen LogP contribution in [0.1, 0.15) is 80.1 Å². The van der Waals surface area contributed by atoms with Gasteiger partial charge in [0.1, 0.15) is 12.0 Å². The third-order valence-corrected chi connectivity index (χ3v) is 10.7. The van der Waals surface area contributed by atoms with Gasteiger partial charge in [-0.1, -0.05) is 56.2 Å². The van der Waals surface area contributed by atoms with E-state index in [0.29, 0.717) is 41.3 Å². The lowest BCUT2D eigenvalue weighted by Gasteiger charge is -2.46. The zero-order valence-corrected chi connectivity index (χ0v) is 19.1. The molecule has 10 atom stereocenters. The lowest BCUT2D eigenvalue weighted by atomic mass is 9.67. The summed E-state index contributed by atoms with van der Waals surface area (Å²) < 4.78 is 0. The van der Waals surface area contributed by atoms with Gasteiger partial charge in [0.2, 0.25) is 0 Å². The molecule has 4 heterocycles. The molecule has 3 aliphatic carbocycles. The van der Waals surface area contributed by atoms with Gasteiger partial charge >= 0.3 is 0 Å². The maximum Gasteiger partial charge on any atom is 0.150 e. The molecule has 2 N–H and O–H groups in total. The molecule has 2 saturated carbocycles. The van der Waals surface area contributed by atoms with Gasteiger partial charge < -0.3 is 10.4 Å². The van der Waals surface area contributed by atoms with Crippen molar-refractivity contribution in [2.24, 2.45) is 23.2 Å². The van der Waals surface area contributed by atoms with E-state index in [-0.39, 0.29) is 6.04 Å². The van der Waals surface area contributed by atoms with Crippen LogP contribution in [0.4, 0.5) is 0 Å². The van der Waals surface area contributed by atoms with Crippen LogP contribution in [-0.4, -0.2) is 46.2 Å². The second-order valence-corrected chi connectivity index (χ2v) is 11.9. The fourth-order valence-corrected chi connectivity index (χ4v) is 9.28. The van der Waals surface area contributed by atoms with E-state index in [1.807, 2.05) is 12.1 Å². The molecule has 8 rings (SSSR count). The molecular weight excluding hydrogens is 396 g/mol. The highest BCUT2D eigenvalue weighted by atomic mass is 16.3. The van der Waals surface area contributed by atoms with Crippen molar-refractivity contribution in [2.75, 3.05) is 0 Å². The van der Waals surface area contributed by atoms with Gasteiger partial charge in [-0.15, -0.1) is 0 Å². The average Bonchev–Trinajstić information content (AvgIpc) is 3.18. The highest BCUT2D eigenvalue weighted by Gasteiger charge is 2.78. The molecule has 1 aromatic carbocycles. The van der Waals surface area contributed by atoms with E-state index in [1.54, 1.807) is 0 Å². The Labute approximate surface area is 191 Å². The lowest BCUT2D eigenvalue weighted by molar-refractivity contribution is 0.0120. The Hall–Kier alpha value is -1.49. The fraction of sp³-hybridized carbons (Fsp3) is 0.679. The van der Waals surface area contributed by atoms with E-state index in [4.69, 9.17) is 0 Å². The van der Waals surface area contributed by atoms with Crippen LogP contribution in [0.25, 0.3) is 0 Å². The number of carbonyl (C=O) groups excluding carboxylic acids is 1. The standard InChI is InChI=1S/C28H36N2O2/c1-17(19-6-4-18(16-31)5-7-19)25-21-9-11-23-28(32,30(23)25)24(21)22-10-8-20-12-15-27(26(20)29-22)13-2-3-14-27/h4-7,9,11,16-17,20-26,29,32H,2-3,8,10,12-15H2,1H3/t17-,20+,21+,22+,23-,24-,25-,26-,28-,30?/m1/s1. The smallest absolute Gasteiger partial charge is 0.150 e. The van der Waals surface area contributed by atoms with Crippen LogP contribution in [0.2, 0.25) is 0 Å². The van der Waals surface area contributed by atoms with Gasteiger partial charge in [-0.2, -0.15) is 0 Å². The molecule has 0 radical (unpaired) electrons. The van der Waals surface area contributed by atoms with Gasteiger partial charge in [-0.3, -0.25) is 9.69 Å². The lowest BCUT2D eigenvalue weighted by Crippen LogP contribution is -2.58. The van der Waals surface area contributed by atoms with Crippen molar-refractivity contribution in [3.63, 3.8) is 0 Å². The molecule has 1 unspecified atom stereocenters. The Kier molecular flexibility index (Phi) is 4.22. The highest BCUT2D eigenvalue weighted by Crippen LogP contribution is 2.66. The van der Waals surface area contributed by atoms with Crippen LogP contribution in [0.15, 0.2) is 36.4 Å². The SMILES string of the molecule is C[C@H](c1ccc(C=O)cc1)[C@@H]1[C@H]2C=C[C@H]3N1[C@]3(O)[C@H]2[C@@H]1CC[C@H]2CCC3(CCCC3)[C@@H]2N1. The minimum absolute atomic E-state index is 0.183. The first kappa shape index (κ1) is 19.9. The van der Waals surface area contributed by atoms with Crippen molar-refractivity contribution < 1.29 is 9.90 Å². The van der Waals surface area contributed by atoms with Crippen LogP contribution in [0.5, 0.6) is 0 Å². The number of fused-ring (bicyclic) bond motifs is 2. The van der Waals surface area contributed by atoms with Gasteiger partial charge in [0.15, 0.2) is 0 Å². The highest BCUT2D eigenvalue weighted by molar-refractivity contribution is 5.74. The number of nitrogens with zero attached hydrogens (tertiary/aromatic N) is 1. The number of piperidine rings is 2. The molecule has 0 amide bonds. The predicted octanol–water partition coefficient (Wildman–Crippen LogP) is 4.25. The summed E-state index contributed by atoms with van der Waals surface area (Å²) in [5.41, 5.74) is 1.89. The zero-order chi connectivity index (χ0) is 21.7. The van der Waals surface area contributed by atoms with Crippen LogP contribution in [0, 0.1) is 23.2 Å². The molecule has 4 bridgehead atoms. The van der Waals surface area contributed by atoms with Crippen molar-refractivity contribution in [3.05, 3.63) is 47.5 Å². The van der Waals surface area contributed by atoms with Crippen LogP contribution >= 0.6 is 0 Å². The maximum absolute atomic E-state index is 11.9. The molecule has 5 fully saturated rings. The summed E-state index contributed by atoms with van der Waals surface area (Å²) in [6, 6.07) is 9.69. The topological polar surface area (TPSA) is 52.3 Å². The van der Waals surface area contributed by atoms with Crippen molar-refractivity contribution in [3.8, 4) is 0 Å². The first-order chi connectivity index (χ1) is 15.6. The number of rotatable bonds is 4. The Morgan fingerprint density at radius 2 is 1.88 bits per heavy atom. The van der Waals surface area contributed by atoms with Crippen LogP contribution in [-0.2, 0) is 0 Å². The van der Waals surface area contributed by atoms with E-state index in [2.05, 4.69) is 41.4 Å². The third-order valence-electron chi connectivity index (χ3n) is 10.7. The van der Waals surface area contributed by atoms with E-state index in [9.17, 15) is 9.90 Å². The number of nitrogens with one attached hydrogen (secondary N) is 1. The number of hydrogen-bond acceptors (Lipinski definition) is 4. The van der Waals surface area contributed by atoms with Crippen LogP contribution < -0.4 is 5.32 Å². The van der Waals surface area contributed by atoms with Gasteiger partial charge in [-0.05, 0) is 61.3 Å². The quantitative estimate of drug-likeness (QED) is 0.424. The van der Waals surface area contributed by atoms with Gasteiger partial charge in [-0.25, -0.2) is 0 Å². The number of aldehydes is 1. The van der Waals surface area contributed by atoms with Gasteiger partial charge in [0.25, 0.3) is 0 Å². The second kappa shape index (κ2) is 6.77. The summed E-state index contributed by atoms with van der Waals surface area (Å²) >= 11 is 0. The molecular formula is C28H36N2O2. The average molecular weight is 433 g/mol. The summed E-state index contributed by atoms with van der Waals surface area (Å²) in [4.78, 5) is 13.5. The molecule has 4 heteroatoms. The Balaban J connectivity index is 1.17. The van der Waals surface area contributed by atoms with Gasteiger partial charge in [0, 0.05) is 35.5 Å². The molecule has 1 aromatic rings.